The van der Waals surface area contributed by atoms with Crippen LogP contribution in [0.25, 0.3) is 0 Å². The number of hydrazone groups is 1. The molecule has 1 aromatic rings. The topological polar surface area (TPSA) is 114 Å². The van der Waals surface area contributed by atoms with Gasteiger partial charge in [0.05, 0.1) is 16.9 Å². The van der Waals surface area contributed by atoms with Crippen molar-refractivity contribution in [3.8, 4) is 0 Å². The van der Waals surface area contributed by atoms with Gasteiger partial charge in [0.2, 0.25) is 0 Å². The Morgan fingerprint density at radius 3 is 2.54 bits per heavy atom. The number of amides is 1. The first-order valence-electron chi connectivity index (χ1n) is 6.76. The van der Waals surface area contributed by atoms with E-state index in [1.54, 1.807) is 0 Å². The highest BCUT2D eigenvalue weighted by Gasteiger charge is 2.63. The minimum absolute atomic E-state index is 0.0278. The van der Waals surface area contributed by atoms with Crippen molar-refractivity contribution in [2.24, 2.45) is 5.10 Å². The van der Waals surface area contributed by atoms with Crippen LogP contribution in [0.4, 0.5) is 19.0 Å². The number of nitro groups is 1. The molecule has 0 aliphatic carbocycles. The Kier molecular flexibility index (Phi) is 4.12. The third-order valence-corrected chi connectivity index (χ3v) is 3.61. The van der Waals surface area contributed by atoms with Crippen LogP contribution in [0, 0.1) is 17.0 Å². The van der Waals surface area contributed by atoms with E-state index in [0.29, 0.717) is 0 Å². The molecule has 0 saturated carbocycles. The fourth-order valence-corrected chi connectivity index (χ4v) is 2.41. The van der Waals surface area contributed by atoms with Gasteiger partial charge in [0.15, 0.2) is 6.04 Å². The molecule has 0 bridgehead atoms. The molecule has 1 N–H and O–H groups in total. The minimum atomic E-state index is -5.12. The lowest BCUT2D eigenvalue weighted by Gasteiger charge is -2.33. The van der Waals surface area contributed by atoms with E-state index in [1.807, 2.05) is 0 Å². The number of aryl methyl sites for hydroxylation is 1. The zero-order chi connectivity index (χ0) is 18.4. The summed E-state index contributed by atoms with van der Waals surface area (Å²) in [4.78, 5) is 22.3. The maximum absolute atomic E-state index is 13.2. The number of halogens is 3. The van der Waals surface area contributed by atoms with Crippen LogP contribution in [-0.2, 0) is 4.79 Å². The van der Waals surface area contributed by atoms with Crippen LogP contribution in [-0.4, -0.2) is 48.3 Å². The Morgan fingerprint density at radius 2 is 2.08 bits per heavy atom. The first-order chi connectivity index (χ1) is 10.9. The van der Waals surface area contributed by atoms with Gasteiger partial charge in [-0.15, -0.1) is 0 Å². The molecule has 0 spiro atoms. The molecule has 2 heterocycles. The summed E-state index contributed by atoms with van der Waals surface area (Å²) in [5.74, 6) is -1.73. The van der Waals surface area contributed by atoms with Gasteiger partial charge in [-0.2, -0.15) is 28.0 Å². The summed E-state index contributed by atoms with van der Waals surface area (Å²) in [5.41, 5.74) is -3.31. The molecule has 0 saturated heterocycles. The summed E-state index contributed by atoms with van der Waals surface area (Å²) < 4.78 is 40.4. The Balaban J connectivity index is 2.38. The van der Waals surface area contributed by atoms with Gasteiger partial charge in [-0.05, 0) is 25.7 Å². The van der Waals surface area contributed by atoms with Crippen LogP contribution in [0.15, 0.2) is 11.2 Å². The monoisotopic (exact) mass is 349 g/mol. The van der Waals surface area contributed by atoms with E-state index >= 15 is 0 Å². The molecule has 2 rings (SSSR count). The Morgan fingerprint density at radius 1 is 1.50 bits per heavy atom. The van der Waals surface area contributed by atoms with Crippen molar-refractivity contribution in [2.75, 3.05) is 0 Å². The average Bonchev–Trinajstić information content (AvgIpc) is 2.97. The van der Waals surface area contributed by atoms with Gasteiger partial charge < -0.3 is 15.2 Å². The molecule has 2 atom stereocenters. The summed E-state index contributed by atoms with van der Waals surface area (Å²) in [6.07, 6.45) is -5.98. The normalized spacial score (nSPS) is 22.5. The van der Waals surface area contributed by atoms with E-state index in [9.17, 15) is 33.2 Å². The number of carbonyl (C=O) groups is 1. The van der Waals surface area contributed by atoms with E-state index in [1.165, 1.54) is 20.8 Å². The number of alkyl halides is 3. The van der Waals surface area contributed by atoms with Gasteiger partial charge >= 0.3 is 12.0 Å². The van der Waals surface area contributed by atoms with Crippen LogP contribution < -0.4 is 0 Å². The molecule has 9 nitrogen and oxygen atoms in total. The first kappa shape index (κ1) is 17.8. The smallest absolute Gasteiger partial charge is 0.362 e. The number of rotatable bonds is 3. The molecule has 1 amide bonds. The summed E-state index contributed by atoms with van der Waals surface area (Å²) >= 11 is 0. The predicted octanol–water partition coefficient (Wildman–Crippen LogP) is 1.52. The lowest BCUT2D eigenvalue weighted by molar-refractivity contribution is -0.389. The lowest BCUT2D eigenvalue weighted by Crippen LogP contribution is -2.57. The van der Waals surface area contributed by atoms with Gasteiger partial charge in [-0.25, -0.2) is 0 Å². The fourth-order valence-electron chi connectivity index (χ4n) is 2.41. The number of nitrogens with zero attached hydrogens (tertiary/aromatic N) is 5. The number of hydrogen-bond donors (Lipinski definition) is 1. The number of hydrogen-bond acceptors (Lipinski definition) is 6. The molecule has 0 fully saturated rings. The maximum atomic E-state index is 13.2. The fraction of sp³-hybridized carbons (Fsp3) is 0.583. The SMILES string of the molecule is CC1=NN(C(=O)[C@@H](C)n2nc([N+](=O)[O-])cc2C)[C@](O)(C(F)(F)F)C1. The van der Waals surface area contributed by atoms with E-state index in [2.05, 4.69) is 10.2 Å². The molecule has 24 heavy (non-hydrogen) atoms. The van der Waals surface area contributed by atoms with Gasteiger partial charge in [-0.3, -0.25) is 4.79 Å². The molecular weight excluding hydrogens is 335 g/mol. The van der Waals surface area contributed by atoms with E-state index < -0.39 is 41.0 Å². The number of carbonyl (C=O) groups excluding carboxylic acids is 1. The molecule has 132 valence electrons. The van der Waals surface area contributed by atoms with Gasteiger partial charge in [0, 0.05) is 12.1 Å². The molecule has 1 aromatic heterocycles. The molecule has 0 unspecified atom stereocenters. The van der Waals surface area contributed by atoms with Crippen molar-refractivity contribution in [1.29, 1.82) is 0 Å². The Bertz CT molecular complexity index is 729. The zero-order valence-corrected chi connectivity index (χ0v) is 12.9. The third kappa shape index (κ3) is 2.72. The van der Waals surface area contributed by atoms with E-state index in [-0.39, 0.29) is 16.4 Å². The molecule has 1 aliphatic heterocycles. The van der Waals surface area contributed by atoms with Crippen LogP contribution in [0.3, 0.4) is 0 Å². The molecule has 0 aromatic carbocycles. The van der Waals surface area contributed by atoms with Crippen LogP contribution in [0.5, 0.6) is 0 Å². The lowest BCUT2D eigenvalue weighted by atomic mass is 10.1. The van der Waals surface area contributed by atoms with Crippen molar-refractivity contribution < 1.29 is 28.0 Å². The summed E-state index contributed by atoms with van der Waals surface area (Å²) in [6, 6.07) is -0.250. The summed E-state index contributed by atoms with van der Waals surface area (Å²) in [7, 11) is 0. The molecular formula is C12H14F3N5O4. The quantitative estimate of drug-likeness (QED) is 0.656. The van der Waals surface area contributed by atoms with Crippen LogP contribution in [0.2, 0.25) is 0 Å². The second kappa shape index (κ2) is 5.54. The van der Waals surface area contributed by atoms with Crippen molar-refractivity contribution >= 4 is 17.4 Å². The third-order valence-electron chi connectivity index (χ3n) is 3.61. The maximum Gasteiger partial charge on any atom is 0.438 e. The second-order valence-corrected chi connectivity index (χ2v) is 5.50. The Hall–Kier alpha value is -2.50. The Labute approximate surface area is 133 Å². The first-order valence-corrected chi connectivity index (χ1v) is 6.76. The summed E-state index contributed by atoms with van der Waals surface area (Å²) in [6.45, 7) is 3.88. The van der Waals surface area contributed by atoms with Gasteiger partial charge in [-0.1, -0.05) is 0 Å². The van der Waals surface area contributed by atoms with Crippen LogP contribution in [0.1, 0.15) is 32.0 Å². The molecule has 0 radical (unpaired) electrons. The largest absolute Gasteiger partial charge is 0.438 e. The van der Waals surface area contributed by atoms with E-state index in [0.717, 1.165) is 10.7 Å². The predicted molar refractivity (Wildman–Crippen MR) is 73.9 cm³/mol. The summed E-state index contributed by atoms with van der Waals surface area (Å²) in [5, 5.41) is 27.7. The van der Waals surface area contributed by atoms with Crippen molar-refractivity contribution in [3.05, 3.63) is 21.9 Å². The number of aromatic nitrogens is 2. The average molecular weight is 349 g/mol. The van der Waals surface area contributed by atoms with Gasteiger partial charge in [0.1, 0.15) is 0 Å². The second-order valence-electron chi connectivity index (χ2n) is 5.50. The van der Waals surface area contributed by atoms with Crippen molar-refractivity contribution in [3.63, 3.8) is 0 Å². The standard InChI is InChI=1S/C12H14F3N5O4/c1-6-5-11(22,12(13,14)15)19(16-6)10(21)8(3)18-7(2)4-9(17-18)20(23)24/h4,8,22H,5H2,1-3H3/t8-,11-/m1/s1. The van der Waals surface area contributed by atoms with Gasteiger partial charge in [0.25, 0.3) is 11.6 Å². The molecule has 12 heteroatoms. The highest BCUT2D eigenvalue weighted by atomic mass is 19.4. The molecule has 1 aliphatic rings. The van der Waals surface area contributed by atoms with E-state index in [4.69, 9.17) is 0 Å². The minimum Gasteiger partial charge on any atom is -0.362 e. The highest BCUT2D eigenvalue weighted by Crippen LogP contribution is 2.41. The highest BCUT2D eigenvalue weighted by molar-refractivity contribution is 5.90. The zero-order valence-electron chi connectivity index (χ0n) is 12.9. The van der Waals surface area contributed by atoms with Crippen LogP contribution >= 0.6 is 0 Å². The van der Waals surface area contributed by atoms with Crippen molar-refractivity contribution in [2.45, 2.75) is 45.1 Å². The number of aliphatic hydroxyl groups is 1. The van der Waals surface area contributed by atoms with Crippen molar-refractivity contribution in [1.82, 2.24) is 14.8 Å².